The van der Waals surface area contributed by atoms with Gasteiger partial charge in [0.2, 0.25) is 0 Å². The number of carbonyl (C=O) groups excluding carboxylic acids is 1. The van der Waals surface area contributed by atoms with Crippen molar-refractivity contribution in [2.45, 2.75) is 26.1 Å². The molecule has 118 valence electrons. The van der Waals surface area contributed by atoms with Gasteiger partial charge in [-0.05, 0) is 24.1 Å². The number of hydrogen-bond acceptors (Lipinski definition) is 3. The highest BCUT2D eigenvalue weighted by molar-refractivity contribution is 5.94. The van der Waals surface area contributed by atoms with Crippen LogP contribution in [0.25, 0.3) is 0 Å². The van der Waals surface area contributed by atoms with E-state index in [9.17, 15) is 18.0 Å². The van der Waals surface area contributed by atoms with Crippen LogP contribution in [-0.2, 0) is 0 Å². The zero-order valence-electron chi connectivity index (χ0n) is 11.8. The predicted molar refractivity (Wildman–Crippen MR) is 71.2 cm³/mol. The van der Waals surface area contributed by atoms with E-state index in [-0.39, 0.29) is 5.56 Å². The third-order valence-corrected chi connectivity index (χ3v) is 2.51. The Bertz CT molecular complexity index is 475. The zero-order chi connectivity index (χ0) is 16.0. The largest absolute Gasteiger partial charge is 0.493 e. The summed E-state index contributed by atoms with van der Waals surface area (Å²) in [6.45, 7) is 3.52. The predicted octanol–water partition coefficient (Wildman–Crippen LogP) is 2.37. The number of amides is 1. The van der Waals surface area contributed by atoms with Gasteiger partial charge >= 0.3 is 6.18 Å². The van der Waals surface area contributed by atoms with Crippen molar-refractivity contribution in [2.75, 3.05) is 13.2 Å². The first-order valence-corrected chi connectivity index (χ1v) is 6.46. The molecule has 2 N–H and O–H groups in total. The minimum absolute atomic E-state index is 0.172. The van der Waals surface area contributed by atoms with Gasteiger partial charge in [0.25, 0.3) is 5.91 Å². The normalized spacial score (nSPS) is 13.1. The molecule has 0 saturated carbocycles. The van der Waals surface area contributed by atoms with Crippen molar-refractivity contribution in [3.63, 3.8) is 0 Å². The highest BCUT2D eigenvalue weighted by atomic mass is 19.4. The minimum atomic E-state index is -4.75. The number of rotatable bonds is 6. The Labute approximate surface area is 120 Å². The Kier molecular flexibility index (Phi) is 6.02. The lowest BCUT2D eigenvalue weighted by atomic mass is 10.2. The van der Waals surface area contributed by atoms with E-state index >= 15 is 0 Å². The van der Waals surface area contributed by atoms with Gasteiger partial charge in [0.05, 0.1) is 13.2 Å². The van der Waals surface area contributed by atoms with Gasteiger partial charge in [-0.3, -0.25) is 4.79 Å². The van der Waals surface area contributed by atoms with Gasteiger partial charge < -0.3 is 15.2 Å². The van der Waals surface area contributed by atoms with Crippen LogP contribution in [0.5, 0.6) is 5.75 Å². The second-order valence-corrected chi connectivity index (χ2v) is 5.00. The first-order valence-electron chi connectivity index (χ1n) is 6.46. The molecule has 1 aromatic rings. The molecule has 0 fully saturated rings. The average Bonchev–Trinajstić information content (AvgIpc) is 2.41. The Morgan fingerprint density at radius 1 is 1.38 bits per heavy atom. The van der Waals surface area contributed by atoms with Gasteiger partial charge in [-0.15, -0.1) is 0 Å². The smallest absolute Gasteiger partial charge is 0.416 e. The standard InChI is InChI=1S/C14H18F3NO3/c1-9(2)8-21-11-5-3-4-10(6-11)13(20)18-7-12(19)14(15,16)17/h3-6,9,12,19H,7-8H2,1-2H3,(H,18,20). The third kappa shape index (κ3) is 6.03. The fraction of sp³-hybridized carbons (Fsp3) is 0.500. The van der Waals surface area contributed by atoms with Crippen molar-refractivity contribution in [1.82, 2.24) is 5.32 Å². The molecule has 1 unspecified atom stereocenters. The van der Waals surface area contributed by atoms with E-state index in [2.05, 4.69) is 0 Å². The van der Waals surface area contributed by atoms with E-state index in [1.807, 2.05) is 19.2 Å². The molecule has 1 atom stereocenters. The molecular weight excluding hydrogens is 287 g/mol. The number of hydrogen-bond donors (Lipinski definition) is 2. The molecule has 0 aliphatic heterocycles. The quantitative estimate of drug-likeness (QED) is 0.848. The third-order valence-electron chi connectivity index (χ3n) is 2.51. The lowest BCUT2D eigenvalue weighted by Crippen LogP contribution is -2.40. The van der Waals surface area contributed by atoms with Crippen LogP contribution in [0.1, 0.15) is 24.2 Å². The SMILES string of the molecule is CC(C)COc1cccc(C(=O)NCC(O)C(F)(F)F)c1. The number of nitrogens with one attached hydrogen (secondary N) is 1. The number of aliphatic hydroxyl groups excluding tert-OH is 1. The summed E-state index contributed by atoms with van der Waals surface area (Å²) in [4.78, 5) is 11.7. The molecule has 0 bridgehead atoms. The lowest BCUT2D eigenvalue weighted by Gasteiger charge is -2.15. The van der Waals surface area contributed by atoms with Crippen LogP contribution in [0, 0.1) is 5.92 Å². The van der Waals surface area contributed by atoms with Gasteiger partial charge in [0, 0.05) is 5.56 Å². The van der Waals surface area contributed by atoms with Crippen LogP contribution in [0.15, 0.2) is 24.3 Å². The fourth-order valence-electron chi connectivity index (χ4n) is 1.40. The summed E-state index contributed by atoms with van der Waals surface area (Å²) in [6, 6.07) is 6.13. The molecule has 1 rings (SSSR count). The molecule has 0 heterocycles. The van der Waals surface area contributed by atoms with Gasteiger partial charge in [-0.25, -0.2) is 0 Å². The summed E-state index contributed by atoms with van der Waals surface area (Å²) in [5.41, 5.74) is 0.172. The van der Waals surface area contributed by atoms with Gasteiger partial charge in [0.1, 0.15) is 5.75 Å². The van der Waals surface area contributed by atoms with Crippen LogP contribution in [0.2, 0.25) is 0 Å². The molecule has 0 aliphatic rings. The summed E-state index contributed by atoms with van der Waals surface area (Å²) in [5, 5.41) is 10.8. The van der Waals surface area contributed by atoms with Crippen molar-refractivity contribution in [3.8, 4) is 5.75 Å². The van der Waals surface area contributed by atoms with Crippen LogP contribution in [0.4, 0.5) is 13.2 Å². The highest BCUT2D eigenvalue weighted by Crippen LogP contribution is 2.19. The molecule has 4 nitrogen and oxygen atoms in total. The van der Waals surface area contributed by atoms with E-state index in [0.717, 1.165) is 0 Å². The molecule has 1 amide bonds. The van der Waals surface area contributed by atoms with E-state index in [4.69, 9.17) is 9.84 Å². The highest BCUT2D eigenvalue weighted by Gasteiger charge is 2.38. The van der Waals surface area contributed by atoms with Gasteiger partial charge in [0.15, 0.2) is 6.10 Å². The Hall–Kier alpha value is -1.76. The molecule has 0 radical (unpaired) electrons. The molecular formula is C14H18F3NO3. The monoisotopic (exact) mass is 305 g/mol. The van der Waals surface area contributed by atoms with Gasteiger partial charge in [-0.1, -0.05) is 19.9 Å². The van der Waals surface area contributed by atoms with Crippen molar-refractivity contribution < 1.29 is 27.8 Å². The first-order chi connectivity index (χ1) is 9.70. The molecule has 0 saturated heterocycles. The Balaban J connectivity index is 2.60. The van der Waals surface area contributed by atoms with Crippen LogP contribution < -0.4 is 10.1 Å². The van der Waals surface area contributed by atoms with Crippen molar-refractivity contribution >= 4 is 5.91 Å². The first kappa shape index (κ1) is 17.3. The van der Waals surface area contributed by atoms with Gasteiger partial charge in [-0.2, -0.15) is 13.2 Å². The Morgan fingerprint density at radius 2 is 2.05 bits per heavy atom. The van der Waals surface area contributed by atoms with E-state index in [0.29, 0.717) is 18.3 Å². The lowest BCUT2D eigenvalue weighted by molar-refractivity contribution is -0.201. The number of aliphatic hydroxyl groups is 1. The average molecular weight is 305 g/mol. The number of ether oxygens (including phenoxy) is 1. The van der Waals surface area contributed by atoms with E-state index < -0.39 is 24.7 Å². The summed E-state index contributed by atoms with van der Waals surface area (Å²) in [7, 11) is 0. The molecule has 0 aromatic heterocycles. The topological polar surface area (TPSA) is 58.6 Å². The Morgan fingerprint density at radius 3 is 2.62 bits per heavy atom. The second kappa shape index (κ2) is 7.31. The molecule has 0 spiro atoms. The molecule has 7 heteroatoms. The van der Waals surface area contributed by atoms with Crippen LogP contribution in [0.3, 0.4) is 0 Å². The molecule has 1 aromatic carbocycles. The number of carbonyl (C=O) groups is 1. The minimum Gasteiger partial charge on any atom is -0.493 e. The summed E-state index contributed by atoms with van der Waals surface area (Å²) < 4.78 is 41.8. The van der Waals surface area contributed by atoms with Crippen LogP contribution >= 0.6 is 0 Å². The maximum atomic E-state index is 12.1. The summed E-state index contributed by atoms with van der Waals surface area (Å²) >= 11 is 0. The van der Waals surface area contributed by atoms with Crippen LogP contribution in [-0.4, -0.2) is 36.4 Å². The molecule has 21 heavy (non-hydrogen) atoms. The van der Waals surface area contributed by atoms with E-state index in [1.54, 1.807) is 12.1 Å². The fourth-order valence-corrected chi connectivity index (χ4v) is 1.40. The van der Waals surface area contributed by atoms with Crippen molar-refractivity contribution in [3.05, 3.63) is 29.8 Å². The maximum Gasteiger partial charge on any atom is 0.416 e. The molecule has 0 aliphatic carbocycles. The second-order valence-electron chi connectivity index (χ2n) is 5.00. The number of alkyl halides is 3. The maximum absolute atomic E-state index is 12.1. The summed E-state index contributed by atoms with van der Waals surface area (Å²) in [5.74, 6) is 0.0745. The van der Waals surface area contributed by atoms with E-state index in [1.165, 1.54) is 12.1 Å². The summed E-state index contributed by atoms with van der Waals surface area (Å²) in [6.07, 6.45) is -7.34. The number of benzene rings is 1. The van der Waals surface area contributed by atoms with Crippen molar-refractivity contribution in [2.24, 2.45) is 5.92 Å². The number of halogens is 3. The van der Waals surface area contributed by atoms with Crippen molar-refractivity contribution in [1.29, 1.82) is 0 Å². The zero-order valence-corrected chi connectivity index (χ0v) is 11.8.